The molecule has 0 heterocycles. The van der Waals surface area contributed by atoms with E-state index in [1.54, 1.807) is 0 Å². The van der Waals surface area contributed by atoms with Crippen LogP contribution in [-0.4, -0.2) is 6.54 Å². The van der Waals surface area contributed by atoms with Crippen molar-refractivity contribution in [1.82, 2.24) is 0 Å². The van der Waals surface area contributed by atoms with Gasteiger partial charge in [0.25, 0.3) is 0 Å². The number of rotatable bonds is 4. The first-order valence-corrected chi connectivity index (χ1v) is 7.53. The van der Waals surface area contributed by atoms with Crippen LogP contribution < -0.4 is 5.32 Å². The molecule has 0 aliphatic heterocycles. The molecule has 2 rings (SSSR count). The number of hydrogen-bond acceptors (Lipinski definition) is 1. The Bertz CT molecular complexity index is 386. The highest BCUT2D eigenvalue weighted by atomic mass is 79.9. The van der Waals surface area contributed by atoms with Crippen LogP contribution in [0.1, 0.15) is 37.7 Å². The summed E-state index contributed by atoms with van der Waals surface area (Å²) < 4.78 is 1.10. The molecule has 1 aromatic rings. The fourth-order valence-corrected chi connectivity index (χ4v) is 3.25. The van der Waals surface area contributed by atoms with Crippen LogP contribution in [0.5, 0.6) is 0 Å². The van der Waals surface area contributed by atoms with Gasteiger partial charge in [-0.15, -0.1) is 0 Å². The molecule has 0 atom stereocenters. The second kappa shape index (κ2) is 6.10. The summed E-state index contributed by atoms with van der Waals surface area (Å²) in [6.45, 7) is 3.07. The minimum Gasteiger partial charge on any atom is -0.384 e. The van der Waals surface area contributed by atoms with Gasteiger partial charge < -0.3 is 5.32 Å². The van der Waals surface area contributed by atoms with E-state index in [0.29, 0.717) is 0 Å². The van der Waals surface area contributed by atoms with E-state index in [1.165, 1.54) is 32.1 Å². The molecular formula is C14H19BrClN. The van der Waals surface area contributed by atoms with E-state index >= 15 is 0 Å². The lowest BCUT2D eigenvalue weighted by molar-refractivity contribution is 0.518. The fraction of sp³-hybridized carbons (Fsp3) is 0.571. The van der Waals surface area contributed by atoms with Gasteiger partial charge in [0.2, 0.25) is 0 Å². The molecule has 3 heteroatoms. The number of halogens is 2. The van der Waals surface area contributed by atoms with Crippen molar-refractivity contribution in [3.05, 3.63) is 27.2 Å². The zero-order valence-corrected chi connectivity index (χ0v) is 12.6. The average Bonchev–Trinajstić information content (AvgIpc) is 2.78. The van der Waals surface area contributed by atoms with E-state index in [2.05, 4.69) is 27.3 Å². The molecule has 0 aromatic heterocycles. The first-order chi connectivity index (χ1) is 8.16. The minimum absolute atomic E-state index is 0.830. The highest BCUT2D eigenvalue weighted by Crippen LogP contribution is 2.30. The molecule has 0 saturated heterocycles. The largest absolute Gasteiger partial charge is 0.384 e. The molecule has 0 amide bonds. The van der Waals surface area contributed by atoms with Crippen molar-refractivity contribution >= 4 is 33.2 Å². The standard InChI is InChI=1S/C14H19BrClN/c1-10-8-12(15)14(9-13(10)16)17-7-6-11-4-2-3-5-11/h8-9,11,17H,2-7H2,1H3. The van der Waals surface area contributed by atoms with Crippen LogP contribution in [-0.2, 0) is 0 Å². The molecule has 1 aromatic carbocycles. The van der Waals surface area contributed by atoms with E-state index in [9.17, 15) is 0 Å². The molecule has 0 bridgehead atoms. The molecule has 1 fully saturated rings. The lowest BCUT2D eigenvalue weighted by atomic mass is 10.0. The molecule has 94 valence electrons. The van der Waals surface area contributed by atoms with E-state index in [-0.39, 0.29) is 0 Å². The molecule has 1 aliphatic rings. The molecular weight excluding hydrogens is 298 g/mol. The van der Waals surface area contributed by atoms with Gasteiger partial charge in [0.1, 0.15) is 0 Å². The molecule has 1 nitrogen and oxygen atoms in total. The number of benzene rings is 1. The third-order valence-corrected chi connectivity index (χ3v) is 4.65. The van der Waals surface area contributed by atoms with Gasteiger partial charge in [-0.2, -0.15) is 0 Å². The Morgan fingerprint density at radius 2 is 2.06 bits per heavy atom. The summed E-state index contributed by atoms with van der Waals surface area (Å²) in [5.74, 6) is 0.933. The van der Waals surface area contributed by atoms with E-state index in [1.807, 2.05) is 13.0 Å². The van der Waals surface area contributed by atoms with Gasteiger partial charge in [-0.25, -0.2) is 0 Å². The van der Waals surface area contributed by atoms with Crippen LogP contribution in [0.2, 0.25) is 5.02 Å². The topological polar surface area (TPSA) is 12.0 Å². The van der Waals surface area contributed by atoms with Crippen LogP contribution in [0.25, 0.3) is 0 Å². The van der Waals surface area contributed by atoms with Crippen molar-refractivity contribution in [2.75, 3.05) is 11.9 Å². The summed E-state index contributed by atoms with van der Waals surface area (Å²) in [5, 5.41) is 4.31. The molecule has 1 N–H and O–H groups in total. The Balaban J connectivity index is 1.87. The summed E-state index contributed by atoms with van der Waals surface area (Å²) in [6.07, 6.45) is 6.95. The number of anilines is 1. The zero-order chi connectivity index (χ0) is 12.3. The zero-order valence-electron chi connectivity index (χ0n) is 10.2. The van der Waals surface area contributed by atoms with Gasteiger partial charge >= 0.3 is 0 Å². The first kappa shape index (κ1) is 13.2. The lowest BCUT2D eigenvalue weighted by Gasteiger charge is -2.13. The van der Waals surface area contributed by atoms with Gasteiger partial charge in [0, 0.05) is 21.7 Å². The van der Waals surface area contributed by atoms with Gasteiger partial charge in [-0.05, 0) is 52.9 Å². The van der Waals surface area contributed by atoms with E-state index in [4.69, 9.17) is 11.6 Å². The number of aryl methyl sites for hydroxylation is 1. The quantitative estimate of drug-likeness (QED) is 0.784. The second-order valence-electron chi connectivity index (χ2n) is 4.95. The first-order valence-electron chi connectivity index (χ1n) is 6.36. The molecule has 0 radical (unpaired) electrons. The van der Waals surface area contributed by atoms with Crippen molar-refractivity contribution in [2.45, 2.75) is 39.0 Å². The molecule has 0 unspecified atom stereocenters. The summed E-state index contributed by atoms with van der Waals surface area (Å²) >= 11 is 9.70. The van der Waals surface area contributed by atoms with Crippen LogP contribution >= 0.6 is 27.5 Å². The Morgan fingerprint density at radius 3 is 2.76 bits per heavy atom. The predicted octanol–water partition coefficient (Wildman–Crippen LogP) is 5.40. The molecule has 1 saturated carbocycles. The smallest absolute Gasteiger partial charge is 0.0499 e. The van der Waals surface area contributed by atoms with Gasteiger partial charge in [-0.1, -0.05) is 37.3 Å². The minimum atomic E-state index is 0.830. The maximum absolute atomic E-state index is 6.13. The van der Waals surface area contributed by atoms with Crippen LogP contribution in [0, 0.1) is 12.8 Å². The average molecular weight is 317 g/mol. The summed E-state index contributed by atoms with van der Waals surface area (Å²) in [6, 6.07) is 4.08. The van der Waals surface area contributed by atoms with Crippen LogP contribution in [0.4, 0.5) is 5.69 Å². The Kier molecular flexibility index (Phi) is 4.75. The van der Waals surface area contributed by atoms with E-state index < -0.39 is 0 Å². The van der Waals surface area contributed by atoms with Gasteiger partial charge in [-0.3, -0.25) is 0 Å². The Hall–Kier alpha value is -0.210. The fourth-order valence-electron chi connectivity index (χ4n) is 2.49. The summed E-state index contributed by atoms with van der Waals surface area (Å²) in [7, 11) is 0. The third kappa shape index (κ3) is 3.62. The number of hydrogen-bond donors (Lipinski definition) is 1. The maximum atomic E-state index is 6.13. The van der Waals surface area contributed by atoms with Crippen molar-refractivity contribution in [3.63, 3.8) is 0 Å². The summed E-state index contributed by atoms with van der Waals surface area (Å²) in [4.78, 5) is 0. The van der Waals surface area contributed by atoms with Gasteiger partial charge in [0.15, 0.2) is 0 Å². The highest BCUT2D eigenvalue weighted by Gasteiger charge is 2.14. The van der Waals surface area contributed by atoms with Crippen molar-refractivity contribution in [2.24, 2.45) is 5.92 Å². The highest BCUT2D eigenvalue weighted by molar-refractivity contribution is 9.10. The Morgan fingerprint density at radius 1 is 1.35 bits per heavy atom. The van der Waals surface area contributed by atoms with Crippen molar-refractivity contribution < 1.29 is 0 Å². The van der Waals surface area contributed by atoms with E-state index in [0.717, 1.165) is 33.2 Å². The predicted molar refractivity (Wildman–Crippen MR) is 79.0 cm³/mol. The Labute approximate surface area is 117 Å². The lowest BCUT2D eigenvalue weighted by Crippen LogP contribution is -2.07. The molecule has 1 aliphatic carbocycles. The maximum Gasteiger partial charge on any atom is 0.0499 e. The van der Waals surface area contributed by atoms with Crippen LogP contribution in [0.15, 0.2) is 16.6 Å². The number of nitrogens with one attached hydrogen (secondary N) is 1. The van der Waals surface area contributed by atoms with Crippen LogP contribution in [0.3, 0.4) is 0 Å². The van der Waals surface area contributed by atoms with Crippen molar-refractivity contribution in [1.29, 1.82) is 0 Å². The SMILES string of the molecule is Cc1cc(Br)c(NCCC2CCCC2)cc1Cl. The molecule has 17 heavy (non-hydrogen) atoms. The third-order valence-electron chi connectivity index (χ3n) is 3.59. The van der Waals surface area contributed by atoms with Gasteiger partial charge in [0.05, 0.1) is 0 Å². The summed E-state index contributed by atoms with van der Waals surface area (Å²) in [5.41, 5.74) is 2.22. The second-order valence-corrected chi connectivity index (χ2v) is 6.21. The molecule has 0 spiro atoms. The van der Waals surface area contributed by atoms with Crippen molar-refractivity contribution in [3.8, 4) is 0 Å². The normalized spacial score (nSPS) is 16.4. The monoisotopic (exact) mass is 315 g/mol.